The number of pyridine rings is 1. The van der Waals surface area contributed by atoms with Gasteiger partial charge in [-0.1, -0.05) is 18.9 Å². The Morgan fingerprint density at radius 3 is 3.00 bits per heavy atom. The highest BCUT2D eigenvalue weighted by Gasteiger charge is 1.84. The minimum atomic E-state index is -0.0988. The molecule has 1 heterocycles. The summed E-state index contributed by atoms with van der Waals surface area (Å²) in [6, 6.07) is 4.98. The van der Waals surface area contributed by atoms with Crippen molar-refractivity contribution in [1.29, 1.82) is 0 Å². The van der Waals surface area contributed by atoms with Crippen LogP contribution in [0, 0.1) is 11.8 Å². The molecule has 12 heavy (non-hydrogen) atoms. The Labute approximate surface area is 71.6 Å². The molecule has 0 fully saturated rings. The average Bonchev–Trinajstić information content (AvgIpc) is 2.05. The molecule has 0 aliphatic heterocycles. The molecule has 1 aromatic heterocycles. The Morgan fingerprint density at radius 1 is 1.50 bits per heavy atom. The summed E-state index contributed by atoms with van der Waals surface area (Å²) in [4.78, 5) is 13.4. The summed E-state index contributed by atoms with van der Waals surface area (Å²) in [5.74, 6) is 5.84. The molecule has 0 aliphatic carbocycles. The number of hydrogen-bond acceptors (Lipinski definition) is 1. The second kappa shape index (κ2) is 4.40. The SMILES string of the molecule is CCCC#Cc1cccc(=O)[nH]1. The first-order valence-corrected chi connectivity index (χ1v) is 4.01. The maximum absolute atomic E-state index is 10.8. The molecule has 2 heteroatoms. The Kier molecular flexibility index (Phi) is 3.16. The van der Waals surface area contributed by atoms with Crippen molar-refractivity contribution >= 4 is 0 Å². The minimum absolute atomic E-state index is 0.0988. The van der Waals surface area contributed by atoms with Crippen LogP contribution in [0.2, 0.25) is 0 Å². The van der Waals surface area contributed by atoms with Crippen LogP contribution in [0.1, 0.15) is 25.5 Å². The highest BCUT2D eigenvalue weighted by atomic mass is 16.1. The fourth-order valence-corrected chi connectivity index (χ4v) is 0.803. The lowest BCUT2D eigenvalue weighted by Gasteiger charge is -1.86. The smallest absolute Gasteiger partial charge is 0.248 e. The summed E-state index contributed by atoms with van der Waals surface area (Å²) in [5, 5.41) is 0. The van der Waals surface area contributed by atoms with Crippen molar-refractivity contribution in [3.8, 4) is 11.8 Å². The number of aromatic nitrogens is 1. The van der Waals surface area contributed by atoms with Gasteiger partial charge in [0.2, 0.25) is 5.56 Å². The first-order chi connectivity index (χ1) is 5.83. The van der Waals surface area contributed by atoms with Gasteiger partial charge in [0.05, 0.1) is 5.69 Å². The van der Waals surface area contributed by atoms with Crippen LogP contribution in [0.15, 0.2) is 23.0 Å². The fourth-order valence-electron chi connectivity index (χ4n) is 0.803. The van der Waals surface area contributed by atoms with Gasteiger partial charge < -0.3 is 4.98 Å². The molecule has 0 spiro atoms. The van der Waals surface area contributed by atoms with E-state index in [1.165, 1.54) is 6.07 Å². The molecule has 0 unspecified atom stereocenters. The monoisotopic (exact) mass is 161 g/mol. The third kappa shape index (κ3) is 2.63. The van der Waals surface area contributed by atoms with Crippen molar-refractivity contribution in [1.82, 2.24) is 4.98 Å². The summed E-state index contributed by atoms with van der Waals surface area (Å²) < 4.78 is 0. The van der Waals surface area contributed by atoms with Crippen LogP contribution in [0.4, 0.5) is 0 Å². The van der Waals surface area contributed by atoms with Crippen molar-refractivity contribution in [3.05, 3.63) is 34.2 Å². The molecular weight excluding hydrogens is 150 g/mol. The van der Waals surface area contributed by atoms with Crippen molar-refractivity contribution in [2.24, 2.45) is 0 Å². The number of nitrogens with one attached hydrogen (secondary N) is 1. The van der Waals surface area contributed by atoms with Crippen LogP contribution < -0.4 is 5.56 Å². The standard InChI is InChI=1S/C10H11NO/c1-2-3-4-6-9-7-5-8-10(12)11-9/h5,7-8H,2-3H2,1H3,(H,11,12). The topological polar surface area (TPSA) is 32.9 Å². The Balaban J connectivity index is 2.78. The van der Waals surface area contributed by atoms with Gasteiger partial charge in [-0.25, -0.2) is 0 Å². The van der Waals surface area contributed by atoms with Crippen LogP contribution >= 0.6 is 0 Å². The van der Waals surface area contributed by atoms with E-state index in [1.54, 1.807) is 12.1 Å². The lowest BCUT2D eigenvalue weighted by Crippen LogP contribution is -2.03. The van der Waals surface area contributed by atoms with E-state index in [0.717, 1.165) is 12.8 Å². The van der Waals surface area contributed by atoms with Crippen LogP contribution in [0.25, 0.3) is 0 Å². The van der Waals surface area contributed by atoms with Gasteiger partial charge in [0.15, 0.2) is 0 Å². The van der Waals surface area contributed by atoms with Gasteiger partial charge in [-0.15, -0.1) is 0 Å². The van der Waals surface area contributed by atoms with Crippen molar-refractivity contribution in [2.45, 2.75) is 19.8 Å². The predicted molar refractivity (Wildman–Crippen MR) is 48.8 cm³/mol. The van der Waals surface area contributed by atoms with E-state index in [1.807, 2.05) is 0 Å². The van der Waals surface area contributed by atoms with Gasteiger partial charge >= 0.3 is 0 Å². The molecule has 1 rings (SSSR count). The highest BCUT2D eigenvalue weighted by molar-refractivity contribution is 5.26. The van der Waals surface area contributed by atoms with Crippen LogP contribution in [0.5, 0.6) is 0 Å². The molecule has 0 saturated heterocycles. The average molecular weight is 161 g/mol. The quantitative estimate of drug-likeness (QED) is 0.622. The highest BCUT2D eigenvalue weighted by Crippen LogP contribution is 1.87. The van der Waals surface area contributed by atoms with Gasteiger partial charge in [-0.3, -0.25) is 4.79 Å². The molecule has 0 amide bonds. The number of hydrogen-bond donors (Lipinski definition) is 1. The maximum atomic E-state index is 10.8. The van der Waals surface area contributed by atoms with E-state index in [9.17, 15) is 4.79 Å². The summed E-state index contributed by atoms with van der Waals surface area (Å²) in [7, 11) is 0. The fraction of sp³-hybridized carbons (Fsp3) is 0.300. The summed E-state index contributed by atoms with van der Waals surface area (Å²) >= 11 is 0. The molecule has 0 atom stereocenters. The van der Waals surface area contributed by atoms with Crippen LogP contribution in [-0.2, 0) is 0 Å². The molecule has 0 saturated carbocycles. The van der Waals surface area contributed by atoms with Crippen LogP contribution in [0.3, 0.4) is 0 Å². The predicted octanol–water partition coefficient (Wildman–Crippen LogP) is 1.53. The largest absolute Gasteiger partial charge is 0.315 e. The van der Waals surface area contributed by atoms with Crippen LogP contribution in [-0.4, -0.2) is 4.98 Å². The normalized spacial score (nSPS) is 8.75. The molecule has 1 aromatic rings. The summed E-state index contributed by atoms with van der Waals surface area (Å²) in [5.41, 5.74) is 0.592. The zero-order chi connectivity index (χ0) is 8.81. The third-order valence-corrected chi connectivity index (χ3v) is 1.37. The van der Waals surface area contributed by atoms with Gasteiger partial charge in [-0.05, 0) is 18.4 Å². The second-order valence-corrected chi connectivity index (χ2v) is 2.48. The lowest BCUT2D eigenvalue weighted by molar-refractivity contribution is 0.982. The van der Waals surface area contributed by atoms with E-state index < -0.39 is 0 Å². The van der Waals surface area contributed by atoms with Gasteiger partial charge in [-0.2, -0.15) is 0 Å². The lowest BCUT2D eigenvalue weighted by atomic mass is 10.3. The van der Waals surface area contributed by atoms with Gasteiger partial charge in [0.1, 0.15) is 0 Å². The number of rotatable bonds is 1. The first-order valence-electron chi connectivity index (χ1n) is 4.01. The zero-order valence-electron chi connectivity index (χ0n) is 7.05. The number of H-pyrrole nitrogens is 1. The number of unbranched alkanes of at least 4 members (excludes halogenated alkanes) is 1. The Bertz CT molecular complexity index is 354. The third-order valence-electron chi connectivity index (χ3n) is 1.37. The Hall–Kier alpha value is -1.49. The zero-order valence-corrected chi connectivity index (χ0v) is 7.05. The van der Waals surface area contributed by atoms with Gasteiger partial charge in [0, 0.05) is 12.5 Å². The van der Waals surface area contributed by atoms with E-state index in [2.05, 4.69) is 23.7 Å². The van der Waals surface area contributed by atoms with Crippen molar-refractivity contribution < 1.29 is 0 Å². The molecule has 2 nitrogen and oxygen atoms in total. The van der Waals surface area contributed by atoms with Crippen molar-refractivity contribution in [3.63, 3.8) is 0 Å². The van der Waals surface area contributed by atoms with Gasteiger partial charge in [0.25, 0.3) is 0 Å². The van der Waals surface area contributed by atoms with E-state index in [0.29, 0.717) is 5.69 Å². The molecular formula is C10H11NO. The molecule has 0 aliphatic rings. The molecule has 1 N–H and O–H groups in total. The summed E-state index contributed by atoms with van der Waals surface area (Å²) in [6.07, 6.45) is 1.92. The number of aromatic amines is 1. The minimum Gasteiger partial charge on any atom is -0.315 e. The molecule has 0 radical (unpaired) electrons. The summed E-state index contributed by atoms with van der Waals surface area (Å²) in [6.45, 7) is 2.07. The maximum Gasteiger partial charge on any atom is 0.248 e. The van der Waals surface area contributed by atoms with Crippen molar-refractivity contribution in [2.75, 3.05) is 0 Å². The molecule has 0 bridgehead atoms. The van der Waals surface area contributed by atoms with E-state index >= 15 is 0 Å². The van der Waals surface area contributed by atoms with E-state index in [-0.39, 0.29) is 5.56 Å². The second-order valence-electron chi connectivity index (χ2n) is 2.48. The Morgan fingerprint density at radius 2 is 2.33 bits per heavy atom. The van der Waals surface area contributed by atoms with E-state index in [4.69, 9.17) is 0 Å². The molecule has 0 aromatic carbocycles. The molecule has 62 valence electrons. The first kappa shape index (κ1) is 8.61.